The van der Waals surface area contributed by atoms with Crippen LogP contribution >= 0.6 is 0 Å². The number of carbonyl (C=O) groups is 3. The first-order valence-electron chi connectivity index (χ1n) is 10.0. The highest BCUT2D eigenvalue weighted by Gasteiger charge is 2.29. The van der Waals surface area contributed by atoms with Crippen molar-refractivity contribution in [3.8, 4) is 0 Å². The summed E-state index contributed by atoms with van der Waals surface area (Å²) in [5, 5.41) is 7.14. The van der Waals surface area contributed by atoms with Crippen LogP contribution in [0.2, 0.25) is 0 Å². The number of nitrogens with zero attached hydrogens (tertiary/aromatic N) is 1. The third kappa shape index (κ3) is 4.37. The molecule has 8 heteroatoms. The Hall–Kier alpha value is -3.81. The average Bonchev–Trinajstić information content (AvgIpc) is 3.15. The second kappa shape index (κ2) is 8.51. The number of methoxy groups -OCH3 is 1. The zero-order chi connectivity index (χ0) is 22.0. The Balaban J connectivity index is 1.48. The quantitative estimate of drug-likeness (QED) is 0.550. The number of fused-ring (bicyclic) bond motifs is 2. The number of hydrogen-bond acceptors (Lipinski definition) is 5. The highest BCUT2D eigenvalue weighted by atomic mass is 16.5. The van der Waals surface area contributed by atoms with Crippen LogP contribution in [0.15, 0.2) is 48.5 Å². The van der Waals surface area contributed by atoms with Gasteiger partial charge >= 0.3 is 5.97 Å². The summed E-state index contributed by atoms with van der Waals surface area (Å²) in [5.74, 6) is -0.868. The van der Waals surface area contributed by atoms with Crippen molar-refractivity contribution in [2.45, 2.75) is 25.6 Å². The molecule has 0 spiro atoms. The number of amides is 2. The predicted molar refractivity (Wildman–Crippen MR) is 116 cm³/mol. The smallest absolute Gasteiger partial charge is 0.308 e. The van der Waals surface area contributed by atoms with Crippen LogP contribution in [0.25, 0.3) is 10.9 Å². The molecule has 0 saturated carbocycles. The largest absolute Gasteiger partial charge is 0.469 e. The number of anilines is 1. The molecule has 1 aliphatic heterocycles. The number of H-pyrrole nitrogens is 1. The Morgan fingerprint density at radius 3 is 2.77 bits per heavy atom. The second-order valence-electron chi connectivity index (χ2n) is 7.61. The maximum atomic E-state index is 12.7. The Labute approximate surface area is 179 Å². The van der Waals surface area contributed by atoms with E-state index in [0.29, 0.717) is 18.7 Å². The van der Waals surface area contributed by atoms with Crippen molar-refractivity contribution >= 4 is 34.4 Å². The maximum Gasteiger partial charge on any atom is 0.308 e. The van der Waals surface area contributed by atoms with Gasteiger partial charge < -0.3 is 25.3 Å². The molecule has 0 bridgehead atoms. The van der Waals surface area contributed by atoms with Gasteiger partial charge in [0.05, 0.1) is 20.1 Å². The van der Waals surface area contributed by atoms with Gasteiger partial charge in [0.1, 0.15) is 6.04 Å². The molecular formula is C23H24N4O4. The highest BCUT2D eigenvalue weighted by molar-refractivity contribution is 5.96. The minimum atomic E-state index is -0.708. The summed E-state index contributed by atoms with van der Waals surface area (Å²) in [7, 11) is 2.97. The van der Waals surface area contributed by atoms with E-state index in [0.717, 1.165) is 27.8 Å². The number of carbonyl (C=O) groups excluding carboxylic acids is 3. The fourth-order valence-electron chi connectivity index (χ4n) is 3.75. The number of likely N-dealkylation sites (N-methyl/N-ethyl adjacent to an activating group) is 1. The van der Waals surface area contributed by atoms with Gasteiger partial charge in [-0.15, -0.1) is 0 Å². The molecule has 0 fully saturated rings. The summed E-state index contributed by atoms with van der Waals surface area (Å²) in [6.07, 6.45) is -0.0636. The molecule has 0 aliphatic carbocycles. The Morgan fingerprint density at radius 2 is 2.00 bits per heavy atom. The zero-order valence-corrected chi connectivity index (χ0v) is 17.4. The number of aromatic nitrogens is 1. The summed E-state index contributed by atoms with van der Waals surface area (Å²) in [6.45, 7) is 0.713. The van der Waals surface area contributed by atoms with Gasteiger partial charge in [0.25, 0.3) is 5.91 Å². The Kier molecular flexibility index (Phi) is 5.62. The zero-order valence-electron chi connectivity index (χ0n) is 17.4. The Bertz CT molecular complexity index is 1120. The van der Waals surface area contributed by atoms with Crippen molar-refractivity contribution in [1.29, 1.82) is 0 Å². The first-order chi connectivity index (χ1) is 14.9. The molecule has 8 nitrogen and oxygen atoms in total. The average molecular weight is 420 g/mol. The molecule has 2 heterocycles. The molecule has 4 rings (SSSR count). The summed E-state index contributed by atoms with van der Waals surface area (Å²) in [5.41, 5.74) is 3.98. The van der Waals surface area contributed by atoms with E-state index in [-0.39, 0.29) is 18.2 Å². The van der Waals surface area contributed by atoms with Crippen LogP contribution in [0.5, 0.6) is 0 Å². The molecule has 2 aromatic carbocycles. The highest BCUT2D eigenvalue weighted by Crippen LogP contribution is 2.25. The topological polar surface area (TPSA) is 104 Å². The van der Waals surface area contributed by atoms with Crippen LogP contribution in [0.4, 0.5) is 5.69 Å². The predicted octanol–water partition coefficient (Wildman–Crippen LogP) is 2.41. The van der Waals surface area contributed by atoms with E-state index in [1.807, 2.05) is 30.3 Å². The van der Waals surface area contributed by atoms with Crippen molar-refractivity contribution in [3.05, 3.63) is 65.4 Å². The van der Waals surface area contributed by atoms with Gasteiger partial charge in [-0.3, -0.25) is 14.4 Å². The standard InChI is InChI=1S/C23H24N4O4/c1-27-13-16-9-15(7-8-19(16)26-20(23(27)30)11-21(28)31-2)22(29)24-12-17-10-14-5-3-4-6-18(14)25-17/h3-10,20,25-26H,11-13H2,1-2H3,(H,24,29). The van der Waals surface area contributed by atoms with Crippen LogP contribution in [0.1, 0.15) is 28.0 Å². The monoisotopic (exact) mass is 420 g/mol. The van der Waals surface area contributed by atoms with Crippen LogP contribution in [-0.2, 0) is 27.4 Å². The molecule has 0 saturated heterocycles. The molecule has 160 valence electrons. The number of nitrogens with one attached hydrogen (secondary N) is 3. The number of aromatic amines is 1. The van der Waals surface area contributed by atoms with Crippen molar-refractivity contribution in [3.63, 3.8) is 0 Å². The van der Waals surface area contributed by atoms with E-state index in [4.69, 9.17) is 4.74 Å². The third-order valence-corrected chi connectivity index (χ3v) is 5.40. The van der Waals surface area contributed by atoms with E-state index in [1.54, 1.807) is 30.1 Å². The lowest BCUT2D eigenvalue weighted by Crippen LogP contribution is -2.39. The lowest BCUT2D eigenvalue weighted by atomic mass is 10.1. The van der Waals surface area contributed by atoms with Gasteiger partial charge in [-0.25, -0.2) is 0 Å². The van der Waals surface area contributed by atoms with E-state index in [1.165, 1.54) is 7.11 Å². The molecule has 2 amide bonds. The van der Waals surface area contributed by atoms with Gasteiger partial charge in [-0.05, 0) is 41.3 Å². The summed E-state index contributed by atoms with van der Waals surface area (Å²) in [4.78, 5) is 41.8. The van der Waals surface area contributed by atoms with Crippen LogP contribution in [0.3, 0.4) is 0 Å². The normalized spacial score (nSPS) is 15.7. The van der Waals surface area contributed by atoms with Crippen LogP contribution in [0, 0.1) is 0 Å². The molecule has 3 N–H and O–H groups in total. The van der Waals surface area contributed by atoms with E-state index in [9.17, 15) is 14.4 Å². The first kappa shape index (κ1) is 20.5. The molecule has 1 atom stereocenters. The molecule has 3 aromatic rings. The van der Waals surface area contributed by atoms with Crippen molar-refractivity contribution in [2.75, 3.05) is 19.5 Å². The number of para-hydroxylation sites is 1. The SMILES string of the molecule is COC(=O)CC1Nc2ccc(C(=O)NCc3cc4ccccc4[nH]3)cc2CN(C)C1=O. The lowest BCUT2D eigenvalue weighted by Gasteiger charge is -2.19. The van der Waals surface area contributed by atoms with Gasteiger partial charge in [0.15, 0.2) is 0 Å². The molecule has 0 radical (unpaired) electrons. The Morgan fingerprint density at radius 1 is 1.19 bits per heavy atom. The van der Waals surface area contributed by atoms with E-state index < -0.39 is 12.0 Å². The first-order valence-corrected chi connectivity index (χ1v) is 10.0. The van der Waals surface area contributed by atoms with E-state index >= 15 is 0 Å². The van der Waals surface area contributed by atoms with Crippen molar-refractivity contribution in [2.24, 2.45) is 0 Å². The molecular weight excluding hydrogens is 396 g/mol. The molecule has 1 aromatic heterocycles. The maximum absolute atomic E-state index is 12.7. The fraction of sp³-hybridized carbons (Fsp3) is 0.261. The fourth-order valence-corrected chi connectivity index (χ4v) is 3.75. The second-order valence-corrected chi connectivity index (χ2v) is 7.61. The minimum absolute atomic E-state index is 0.0636. The van der Waals surface area contributed by atoms with Gasteiger partial charge in [0, 0.05) is 36.1 Å². The van der Waals surface area contributed by atoms with E-state index in [2.05, 4.69) is 15.6 Å². The number of ether oxygens (including phenoxy) is 1. The number of esters is 1. The van der Waals surface area contributed by atoms with Gasteiger partial charge in [-0.1, -0.05) is 18.2 Å². The summed E-state index contributed by atoms with van der Waals surface area (Å²) >= 11 is 0. The van der Waals surface area contributed by atoms with Crippen molar-refractivity contribution < 1.29 is 19.1 Å². The lowest BCUT2D eigenvalue weighted by molar-refractivity contribution is -0.143. The number of rotatable bonds is 5. The third-order valence-electron chi connectivity index (χ3n) is 5.40. The van der Waals surface area contributed by atoms with Crippen LogP contribution < -0.4 is 10.6 Å². The number of hydrogen-bond donors (Lipinski definition) is 3. The van der Waals surface area contributed by atoms with Crippen LogP contribution in [-0.4, -0.2) is 47.9 Å². The molecule has 1 aliphatic rings. The molecule has 1 unspecified atom stereocenters. The van der Waals surface area contributed by atoms with Crippen molar-refractivity contribution in [1.82, 2.24) is 15.2 Å². The minimum Gasteiger partial charge on any atom is -0.469 e. The van der Waals surface area contributed by atoms with Gasteiger partial charge in [-0.2, -0.15) is 0 Å². The summed E-state index contributed by atoms with van der Waals surface area (Å²) < 4.78 is 4.69. The number of benzene rings is 2. The summed E-state index contributed by atoms with van der Waals surface area (Å²) in [6, 6.07) is 14.5. The molecule has 31 heavy (non-hydrogen) atoms. The van der Waals surface area contributed by atoms with Gasteiger partial charge in [0.2, 0.25) is 5.91 Å².